The summed E-state index contributed by atoms with van der Waals surface area (Å²) in [5.74, 6) is 0.174. The molecule has 2 rings (SSSR count). The number of rotatable bonds is 4. The molecule has 3 heteroatoms. The van der Waals surface area contributed by atoms with Crippen LogP contribution in [0.4, 0.5) is 0 Å². The van der Waals surface area contributed by atoms with Crippen molar-refractivity contribution in [2.45, 2.75) is 38.8 Å². The Hall–Kier alpha value is -1.35. The van der Waals surface area contributed by atoms with Gasteiger partial charge in [-0.05, 0) is 31.4 Å². The highest BCUT2D eigenvalue weighted by Gasteiger charge is 2.23. The van der Waals surface area contributed by atoms with E-state index in [1.807, 2.05) is 18.2 Å². The van der Waals surface area contributed by atoms with Crippen molar-refractivity contribution in [3.8, 4) is 0 Å². The van der Waals surface area contributed by atoms with E-state index >= 15 is 0 Å². The molecule has 1 atom stereocenters. The van der Waals surface area contributed by atoms with Gasteiger partial charge in [0.25, 0.3) is 0 Å². The molecule has 0 aromatic heterocycles. The normalized spacial score (nSPS) is 20.6. The largest absolute Gasteiger partial charge is 0.384 e. The van der Waals surface area contributed by atoms with Crippen molar-refractivity contribution >= 4 is 5.84 Å². The first-order chi connectivity index (χ1) is 8.22. The van der Waals surface area contributed by atoms with Crippen LogP contribution in [0.5, 0.6) is 0 Å². The van der Waals surface area contributed by atoms with Crippen LogP contribution in [0.15, 0.2) is 24.3 Å². The minimum Gasteiger partial charge on any atom is -0.384 e. The molecule has 0 amide bonds. The Morgan fingerprint density at radius 3 is 2.94 bits per heavy atom. The number of likely N-dealkylation sites (tertiary alicyclic amines) is 1. The smallest absolute Gasteiger partial charge is 0.123 e. The van der Waals surface area contributed by atoms with Crippen LogP contribution >= 0.6 is 0 Å². The molecular formula is C14H21N3. The molecule has 0 spiro atoms. The number of amidine groups is 1. The maximum Gasteiger partial charge on any atom is 0.123 e. The molecule has 1 saturated heterocycles. The second kappa shape index (κ2) is 5.32. The van der Waals surface area contributed by atoms with Gasteiger partial charge in [-0.3, -0.25) is 10.3 Å². The molecule has 0 saturated carbocycles. The number of nitrogen functional groups attached to an aromatic ring is 1. The minimum absolute atomic E-state index is 0.174. The number of hydrogen-bond acceptors (Lipinski definition) is 2. The van der Waals surface area contributed by atoms with Crippen LogP contribution < -0.4 is 5.73 Å². The molecule has 1 aromatic rings. The van der Waals surface area contributed by atoms with E-state index in [0.29, 0.717) is 6.04 Å². The topological polar surface area (TPSA) is 53.1 Å². The Labute approximate surface area is 103 Å². The summed E-state index contributed by atoms with van der Waals surface area (Å²) < 4.78 is 0. The van der Waals surface area contributed by atoms with Gasteiger partial charge in [0.05, 0.1) is 0 Å². The quantitative estimate of drug-likeness (QED) is 0.617. The summed E-state index contributed by atoms with van der Waals surface area (Å²) in [5.41, 5.74) is 7.69. The zero-order chi connectivity index (χ0) is 12.3. The Bertz CT molecular complexity index is 400. The van der Waals surface area contributed by atoms with E-state index in [4.69, 9.17) is 11.1 Å². The van der Waals surface area contributed by atoms with Gasteiger partial charge in [-0.15, -0.1) is 0 Å². The molecule has 3 N–H and O–H groups in total. The molecule has 1 aromatic carbocycles. The lowest BCUT2D eigenvalue weighted by Gasteiger charge is -2.24. The van der Waals surface area contributed by atoms with Gasteiger partial charge in [0.15, 0.2) is 0 Å². The molecule has 1 heterocycles. The Morgan fingerprint density at radius 1 is 1.47 bits per heavy atom. The van der Waals surface area contributed by atoms with Gasteiger partial charge in [0.2, 0.25) is 0 Å². The predicted octanol–water partition coefficient (Wildman–Crippen LogP) is 2.35. The van der Waals surface area contributed by atoms with E-state index in [0.717, 1.165) is 12.1 Å². The average molecular weight is 231 g/mol. The minimum atomic E-state index is 0.174. The van der Waals surface area contributed by atoms with Crippen molar-refractivity contribution in [1.82, 2.24) is 4.90 Å². The molecule has 0 radical (unpaired) electrons. The third kappa shape index (κ3) is 2.67. The van der Waals surface area contributed by atoms with Crippen molar-refractivity contribution in [3.63, 3.8) is 0 Å². The zero-order valence-electron chi connectivity index (χ0n) is 10.4. The number of nitrogens with two attached hydrogens (primary N) is 1. The molecule has 1 fully saturated rings. The van der Waals surface area contributed by atoms with Crippen LogP contribution in [0, 0.1) is 5.41 Å². The van der Waals surface area contributed by atoms with Gasteiger partial charge < -0.3 is 5.73 Å². The zero-order valence-corrected chi connectivity index (χ0v) is 10.4. The predicted molar refractivity (Wildman–Crippen MR) is 71.2 cm³/mol. The first-order valence-electron chi connectivity index (χ1n) is 6.38. The summed E-state index contributed by atoms with van der Waals surface area (Å²) in [5, 5.41) is 7.60. The van der Waals surface area contributed by atoms with E-state index in [-0.39, 0.29) is 5.84 Å². The second-order valence-electron chi connectivity index (χ2n) is 4.75. The van der Waals surface area contributed by atoms with E-state index in [1.54, 1.807) is 0 Å². The van der Waals surface area contributed by atoms with E-state index in [2.05, 4.69) is 17.9 Å². The van der Waals surface area contributed by atoms with Crippen LogP contribution in [0.1, 0.15) is 37.3 Å². The summed E-state index contributed by atoms with van der Waals surface area (Å²) in [4.78, 5) is 2.52. The van der Waals surface area contributed by atoms with Crippen molar-refractivity contribution in [2.75, 3.05) is 6.54 Å². The highest BCUT2D eigenvalue weighted by Crippen LogP contribution is 2.23. The number of nitrogens with zero attached hydrogens (tertiary/aromatic N) is 1. The number of benzene rings is 1. The lowest BCUT2D eigenvalue weighted by atomic mass is 10.1. The van der Waals surface area contributed by atoms with Crippen LogP contribution in [0.25, 0.3) is 0 Å². The van der Waals surface area contributed by atoms with E-state index in [9.17, 15) is 0 Å². The van der Waals surface area contributed by atoms with Crippen molar-refractivity contribution in [1.29, 1.82) is 5.41 Å². The molecular weight excluding hydrogens is 210 g/mol. The molecule has 1 aliphatic heterocycles. The van der Waals surface area contributed by atoms with Gasteiger partial charge in [0, 0.05) is 18.2 Å². The van der Waals surface area contributed by atoms with Crippen LogP contribution in [0.3, 0.4) is 0 Å². The van der Waals surface area contributed by atoms with Crippen molar-refractivity contribution < 1.29 is 0 Å². The van der Waals surface area contributed by atoms with E-state index < -0.39 is 0 Å². The molecule has 1 unspecified atom stereocenters. The summed E-state index contributed by atoms with van der Waals surface area (Å²) >= 11 is 0. The third-order valence-electron chi connectivity index (χ3n) is 3.65. The fourth-order valence-electron chi connectivity index (χ4n) is 2.71. The maximum absolute atomic E-state index is 7.60. The summed E-state index contributed by atoms with van der Waals surface area (Å²) in [7, 11) is 0. The van der Waals surface area contributed by atoms with Gasteiger partial charge >= 0.3 is 0 Å². The first-order valence-corrected chi connectivity index (χ1v) is 6.38. The fourth-order valence-corrected chi connectivity index (χ4v) is 2.71. The summed E-state index contributed by atoms with van der Waals surface area (Å²) in [6.45, 7) is 4.35. The highest BCUT2D eigenvalue weighted by atomic mass is 15.2. The SMILES string of the molecule is CCC1CCCN1Cc1ccccc1C(=N)N. The van der Waals surface area contributed by atoms with Crippen LogP contribution in [-0.4, -0.2) is 23.3 Å². The molecule has 1 aliphatic rings. The van der Waals surface area contributed by atoms with Crippen LogP contribution in [-0.2, 0) is 6.54 Å². The second-order valence-corrected chi connectivity index (χ2v) is 4.75. The molecule has 92 valence electrons. The lowest BCUT2D eigenvalue weighted by Crippen LogP contribution is -2.29. The summed E-state index contributed by atoms with van der Waals surface area (Å²) in [6, 6.07) is 8.70. The van der Waals surface area contributed by atoms with Crippen molar-refractivity contribution in [3.05, 3.63) is 35.4 Å². The van der Waals surface area contributed by atoms with Crippen molar-refractivity contribution in [2.24, 2.45) is 5.73 Å². The molecule has 0 bridgehead atoms. The average Bonchev–Trinajstić information content (AvgIpc) is 2.77. The third-order valence-corrected chi connectivity index (χ3v) is 3.65. The van der Waals surface area contributed by atoms with Crippen LogP contribution in [0.2, 0.25) is 0 Å². The van der Waals surface area contributed by atoms with Gasteiger partial charge in [0.1, 0.15) is 5.84 Å². The Balaban J connectivity index is 2.15. The molecule has 17 heavy (non-hydrogen) atoms. The highest BCUT2D eigenvalue weighted by molar-refractivity contribution is 5.96. The van der Waals surface area contributed by atoms with Gasteiger partial charge in [-0.25, -0.2) is 0 Å². The fraction of sp³-hybridized carbons (Fsp3) is 0.500. The van der Waals surface area contributed by atoms with Gasteiger partial charge in [-0.2, -0.15) is 0 Å². The molecule has 0 aliphatic carbocycles. The maximum atomic E-state index is 7.60. The Kier molecular flexibility index (Phi) is 3.79. The number of nitrogens with one attached hydrogen (secondary N) is 1. The Morgan fingerprint density at radius 2 is 2.24 bits per heavy atom. The standard InChI is InChI=1S/C14H21N3/c1-2-12-7-5-9-17(12)10-11-6-3-4-8-13(11)14(15)16/h3-4,6,8,12H,2,5,7,9-10H2,1H3,(H3,15,16). The monoisotopic (exact) mass is 231 g/mol. The molecule has 3 nitrogen and oxygen atoms in total. The number of hydrogen-bond donors (Lipinski definition) is 2. The van der Waals surface area contributed by atoms with Gasteiger partial charge in [-0.1, -0.05) is 31.2 Å². The summed E-state index contributed by atoms with van der Waals surface area (Å²) in [6.07, 6.45) is 3.81. The van der Waals surface area contributed by atoms with E-state index in [1.165, 1.54) is 31.4 Å². The lowest BCUT2D eigenvalue weighted by molar-refractivity contribution is 0.240. The first kappa shape index (κ1) is 12.1.